The summed E-state index contributed by atoms with van der Waals surface area (Å²) in [7, 11) is -3.52. The number of hydrogen-bond donors (Lipinski definition) is 2. The lowest BCUT2D eigenvalue weighted by Crippen LogP contribution is -2.43. The molecule has 1 fully saturated rings. The molecule has 0 radical (unpaired) electrons. The number of nitrogens with one attached hydrogen (secondary N) is 1. The molecule has 6 heteroatoms. The van der Waals surface area contributed by atoms with Crippen LogP contribution in [0.15, 0.2) is 23.2 Å². The van der Waals surface area contributed by atoms with E-state index in [1.54, 1.807) is 0 Å². The van der Waals surface area contributed by atoms with Crippen LogP contribution in [0.5, 0.6) is 0 Å². The standard InChI is InChI=1S/C14H23N3O2S/c1-10(2)12-5-3-4-6-13(12)17-20(18,19)11-7-8-16-14(15)9-11/h7-10,12-13,17H,3-6H2,1-2H3,(H2,15,16). The van der Waals surface area contributed by atoms with Gasteiger partial charge < -0.3 is 5.73 Å². The predicted octanol–water partition coefficient (Wildman–Crippen LogP) is 2.16. The van der Waals surface area contributed by atoms with Gasteiger partial charge >= 0.3 is 0 Å². The topological polar surface area (TPSA) is 85.1 Å². The van der Waals surface area contributed by atoms with Crippen LogP contribution in [0, 0.1) is 11.8 Å². The van der Waals surface area contributed by atoms with Crippen LogP contribution in [0.4, 0.5) is 5.82 Å². The van der Waals surface area contributed by atoms with E-state index < -0.39 is 10.0 Å². The van der Waals surface area contributed by atoms with Crippen LogP contribution in [0.3, 0.4) is 0 Å². The molecule has 2 unspecified atom stereocenters. The van der Waals surface area contributed by atoms with Crippen LogP contribution in [0.1, 0.15) is 39.5 Å². The highest BCUT2D eigenvalue weighted by atomic mass is 32.2. The Morgan fingerprint density at radius 1 is 1.35 bits per heavy atom. The molecule has 1 aromatic heterocycles. The van der Waals surface area contributed by atoms with Gasteiger partial charge in [-0.15, -0.1) is 0 Å². The minimum Gasteiger partial charge on any atom is -0.384 e. The molecule has 1 heterocycles. The van der Waals surface area contributed by atoms with Crippen molar-refractivity contribution in [2.45, 2.75) is 50.5 Å². The molecular weight excluding hydrogens is 274 g/mol. The van der Waals surface area contributed by atoms with Gasteiger partial charge in [0.15, 0.2) is 0 Å². The lowest BCUT2D eigenvalue weighted by molar-refractivity contribution is 0.226. The normalized spacial score (nSPS) is 23.9. The maximum Gasteiger partial charge on any atom is 0.241 e. The fourth-order valence-corrected chi connectivity index (χ4v) is 4.31. The van der Waals surface area contributed by atoms with E-state index in [1.807, 2.05) is 0 Å². The molecule has 0 spiro atoms. The molecule has 1 aliphatic carbocycles. The molecule has 1 aromatic rings. The summed E-state index contributed by atoms with van der Waals surface area (Å²) in [5.41, 5.74) is 5.56. The van der Waals surface area contributed by atoms with Gasteiger partial charge in [0.05, 0.1) is 4.90 Å². The zero-order chi connectivity index (χ0) is 14.8. The summed E-state index contributed by atoms with van der Waals surface area (Å²) in [4.78, 5) is 4.02. The third-order valence-electron chi connectivity index (χ3n) is 4.05. The largest absolute Gasteiger partial charge is 0.384 e. The Bertz CT molecular complexity index is 557. The summed E-state index contributed by atoms with van der Waals surface area (Å²) >= 11 is 0. The van der Waals surface area contributed by atoms with Gasteiger partial charge in [-0.1, -0.05) is 26.7 Å². The number of sulfonamides is 1. The van der Waals surface area contributed by atoms with Crippen molar-refractivity contribution in [3.8, 4) is 0 Å². The summed E-state index contributed by atoms with van der Waals surface area (Å²) < 4.78 is 27.7. The Morgan fingerprint density at radius 2 is 2.05 bits per heavy atom. The van der Waals surface area contributed by atoms with E-state index in [2.05, 4.69) is 23.6 Å². The smallest absolute Gasteiger partial charge is 0.241 e. The van der Waals surface area contributed by atoms with E-state index in [0.29, 0.717) is 11.8 Å². The van der Waals surface area contributed by atoms with Crippen molar-refractivity contribution < 1.29 is 8.42 Å². The fraction of sp³-hybridized carbons (Fsp3) is 0.643. The monoisotopic (exact) mass is 297 g/mol. The molecule has 5 nitrogen and oxygen atoms in total. The van der Waals surface area contributed by atoms with E-state index in [4.69, 9.17) is 5.73 Å². The Labute approximate surface area is 121 Å². The zero-order valence-electron chi connectivity index (χ0n) is 12.0. The number of nitrogen functional groups attached to an aromatic ring is 1. The summed E-state index contributed by atoms with van der Waals surface area (Å²) in [6.07, 6.45) is 5.68. The number of aromatic nitrogens is 1. The third-order valence-corrected chi connectivity index (χ3v) is 5.53. The van der Waals surface area contributed by atoms with Crippen LogP contribution in [0.2, 0.25) is 0 Å². The summed E-state index contributed by atoms with van der Waals surface area (Å²) in [6.45, 7) is 4.31. The van der Waals surface area contributed by atoms with Crippen molar-refractivity contribution in [3.05, 3.63) is 18.3 Å². The van der Waals surface area contributed by atoms with E-state index in [-0.39, 0.29) is 16.8 Å². The molecule has 0 aliphatic heterocycles. The Balaban J connectivity index is 2.18. The van der Waals surface area contributed by atoms with E-state index in [9.17, 15) is 8.42 Å². The van der Waals surface area contributed by atoms with Gasteiger partial charge in [0.2, 0.25) is 10.0 Å². The molecule has 20 heavy (non-hydrogen) atoms. The third kappa shape index (κ3) is 3.49. The quantitative estimate of drug-likeness (QED) is 0.891. The first-order valence-corrected chi connectivity index (χ1v) is 8.62. The molecule has 3 N–H and O–H groups in total. The Hall–Kier alpha value is -1.14. The molecule has 0 aromatic carbocycles. The zero-order valence-corrected chi connectivity index (χ0v) is 12.9. The SMILES string of the molecule is CC(C)C1CCCCC1NS(=O)(=O)c1ccnc(N)c1. The van der Waals surface area contributed by atoms with Gasteiger partial charge in [-0.3, -0.25) is 0 Å². The number of pyridine rings is 1. The summed E-state index contributed by atoms with van der Waals surface area (Å²) in [6, 6.07) is 2.89. The maximum atomic E-state index is 12.4. The number of anilines is 1. The summed E-state index contributed by atoms with van der Waals surface area (Å²) in [5, 5.41) is 0. The second kappa shape index (κ2) is 6.10. The van der Waals surface area contributed by atoms with Crippen molar-refractivity contribution >= 4 is 15.8 Å². The van der Waals surface area contributed by atoms with Gasteiger partial charge in [0.1, 0.15) is 5.82 Å². The molecule has 1 saturated carbocycles. The molecule has 112 valence electrons. The van der Waals surface area contributed by atoms with Crippen LogP contribution < -0.4 is 10.5 Å². The van der Waals surface area contributed by atoms with Gasteiger partial charge in [0.25, 0.3) is 0 Å². The highest BCUT2D eigenvalue weighted by Gasteiger charge is 2.31. The van der Waals surface area contributed by atoms with Crippen LogP contribution in [0.25, 0.3) is 0 Å². The molecule has 1 aliphatic rings. The van der Waals surface area contributed by atoms with Crippen molar-refractivity contribution in [2.75, 3.05) is 5.73 Å². The van der Waals surface area contributed by atoms with E-state index in [1.165, 1.54) is 24.8 Å². The first-order valence-electron chi connectivity index (χ1n) is 7.14. The first-order chi connectivity index (χ1) is 9.40. The van der Waals surface area contributed by atoms with E-state index >= 15 is 0 Å². The Kier molecular flexibility index (Phi) is 4.65. The van der Waals surface area contributed by atoms with Gasteiger partial charge in [-0.05, 0) is 30.7 Å². The van der Waals surface area contributed by atoms with Crippen molar-refractivity contribution in [3.63, 3.8) is 0 Å². The predicted molar refractivity (Wildman–Crippen MR) is 79.6 cm³/mol. The molecular formula is C14H23N3O2S. The Morgan fingerprint density at radius 3 is 2.70 bits per heavy atom. The lowest BCUT2D eigenvalue weighted by atomic mass is 9.78. The number of hydrogen-bond acceptors (Lipinski definition) is 4. The maximum absolute atomic E-state index is 12.4. The second-order valence-corrected chi connectivity index (χ2v) is 7.55. The van der Waals surface area contributed by atoms with Gasteiger partial charge in [-0.2, -0.15) is 0 Å². The lowest BCUT2D eigenvalue weighted by Gasteiger charge is -2.34. The van der Waals surface area contributed by atoms with E-state index in [0.717, 1.165) is 19.3 Å². The molecule has 2 atom stereocenters. The molecule has 0 bridgehead atoms. The number of nitrogens with zero attached hydrogens (tertiary/aromatic N) is 1. The summed E-state index contributed by atoms with van der Waals surface area (Å²) in [5.74, 6) is 1.10. The molecule has 2 rings (SSSR count). The van der Waals surface area contributed by atoms with Crippen molar-refractivity contribution in [1.29, 1.82) is 0 Å². The second-order valence-electron chi connectivity index (χ2n) is 5.84. The van der Waals surface area contributed by atoms with Crippen LogP contribution >= 0.6 is 0 Å². The van der Waals surface area contributed by atoms with Crippen LogP contribution in [-0.4, -0.2) is 19.4 Å². The van der Waals surface area contributed by atoms with Gasteiger partial charge in [0, 0.05) is 18.3 Å². The van der Waals surface area contributed by atoms with Crippen molar-refractivity contribution in [2.24, 2.45) is 11.8 Å². The minimum absolute atomic E-state index is 0.0168. The van der Waals surface area contributed by atoms with Crippen molar-refractivity contribution in [1.82, 2.24) is 9.71 Å². The first kappa shape index (κ1) is 15.3. The number of rotatable bonds is 4. The molecule has 0 saturated heterocycles. The minimum atomic E-state index is -3.52. The van der Waals surface area contributed by atoms with Gasteiger partial charge in [-0.25, -0.2) is 18.1 Å². The average Bonchev–Trinajstić information content (AvgIpc) is 2.38. The van der Waals surface area contributed by atoms with Crippen LogP contribution in [-0.2, 0) is 10.0 Å². The number of nitrogens with two attached hydrogens (primary N) is 1. The highest BCUT2D eigenvalue weighted by molar-refractivity contribution is 7.89. The fourth-order valence-electron chi connectivity index (χ4n) is 2.97. The average molecular weight is 297 g/mol. The highest BCUT2D eigenvalue weighted by Crippen LogP contribution is 2.31. The molecule has 0 amide bonds.